The van der Waals surface area contributed by atoms with Crippen LogP contribution >= 0.6 is 0 Å². The molecule has 5 heteroatoms. The summed E-state index contributed by atoms with van der Waals surface area (Å²) in [5, 5.41) is 2.89. The molecule has 0 spiro atoms. The van der Waals surface area contributed by atoms with E-state index in [2.05, 4.69) is 5.32 Å². The highest BCUT2D eigenvalue weighted by atomic mass is 16.2. The van der Waals surface area contributed by atoms with Crippen LogP contribution in [0.1, 0.15) is 22.3 Å². The molecule has 0 heterocycles. The molecule has 21 heavy (non-hydrogen) atoms. The van der Waals surface area contributed by atoms with Crippen LogP contribution in [-0.4, -0.2) is 36.9 Å². The first-order valence-electron chi connectivity index (χ1n) is 6.95. The van der Waals surface area contributed by atoms with E-state index < -0.39 is 0 Å². The van der Waals surface area contributed by atoms with E-state index in [0.717, 1.165) is 5.56 Å². The fourth-order valence-electron chi connectivity index (χ4n) is 2.29. The number of carbonyl (C=O) groups is 2. The van der Waals surface area contributed by atoms with Crippen molar-refractivity contribution in [1.82, 2.24) is 4.90 Å². The van der Waals surface area contributed by atoms with E-state index in [0.29, 0.717) is 17.7 Å². The Morgan fingerprint density at radius 1 is 1.29 bits per heavy atom. The minimum absolute atomic E-state index is 0.0523. The highest BCUT2D eigenvalue weighted by Gasteiger charge is 2.23. The highest BCUT2D eigenvalue weighted by molar-refractivity contribution is 5.98. The molecule has 2 unspecified atom stereocenters. The molecule has 0 saturated carbocycles. The molecule has 5 nitrogen and oxygen atoms in total. The lowest BCUT2D eigenvalue weighted by molar-refractivity contribution is -0.118. The molecule has 0 saturated heterocycles. The van der Waals surface area contributed by atoms with Gasteiger partial charge in [0.25, 0.3) is 5.91 Å². The Balaban J connectivity index is 2.16. The molecule has 0 fully saturated rings. The fraction of sp³-hybridized carbons (Fsp3) is 0.375. The third-order valence-corrected chi connectivity index (χ3v) is 3.60. The van der Waals surface area contributed by atoms with Gasteiger partial charge in [0.15, 0.2) is 0 Å². The molecule has 0 radical (unpaired) electrons. The maximum absolute atomic E-state index is 12.2. The van der Waals surface area contributed by atoms with Crippen molar-refractivity contribution in [1.29, 1.82) is 0 Å². The van der Waals surface area contributed by atoms with Crippen molar-refractivity contribution in [3.05, 3.63) is 41.5 Å². The number of nitrogens with zero attached hydrogens (tertiary/aromatic N) is 1. The van der Waals surface area contributed by atoms with E-state index in [1.807, 2.05) is 25.1 Å². The Hall–Kier alpha value is -2.14. The molecule has 1 aromatic carbocycles. The summed E-state index contributed by atoms with van der Waals surface area (Å²) >= 11 is 0. The van der Waals surface area contributed by atoms with Gasteiger partial charge in [-0.25, -0.2) is 0 Å². The van der Waals surface area contributed by atoms with Crippen molar-refractivity contribution >= 4 is 17.5 Å². The molecule has 2 atom stereocenters. The zero-order chi connectivity index (χ0) is 15.6. The Kier molecular flexibility index (Phi) is 4.43. The van der Waals surface area contributed by atoms with Crippen LogP contribution in [0.15, 0.2) is 30.4 Å². The van der Waals surface area contributed by atoms with Gasteiger partial charge in [-0.05, 0) is 31.0 Å². The number of anilines is 1. The predicted molar refractivity (Wildman–Crippen MR) is 83.0 cm³/mol. The monoisotopic (exact) mass is 287 g/mol. The molecule has 0 bridgehead atoms. The van der Waals surface area contributed by atoms with Gasteiger partial charge in [0.05, 0.1) is 5.92 Å². The van der Waals surface area contributed by atoms with Gasteiger partial charge in [-0.2, -0.15) is 0 Å². The van der Waals surface area contributed by atoms with Crippen LogP contribution in [0.5, 0.6) is 0 Å². The average molecular weight is 287 g/mol. The first kappa shape index (κ1) is 15.3. The summed E-state index contributed by atoms with van der Waals surface area (Å²) in [4.78, 5) is 25.7. The molecule has 2 rings (SSSR count). The van der Waals surface area contributed by atoms with Crippen LogP contribution in [-0.2, 0) is 4.79 Å². The lowest BCUT2D eigenvalue weighted by Crippen LogP contribution is -2.25. The summed E-state index contributed by atoms with van der Waals surface area (Å²) in [5.74, 6) is -0.377. The Morgan fingerprint density at radius 2 is 2.00 bits per heavy atom. The molecule has 1 aliphatic rings. The topological polar surface area (TPSA) is 75.4 Å². The Morgan fingerprint density at radius 3 is 2.57 bits per heavy atom. The first-order chi connectivity index (χ1) is 9.88. The van der Waals surface area contributed by atoms with Crippen molar-refractivity contribution in [2.45, 2.75) is 19.4 Å². The standard InChI is InChI=1S/C16H21N3O2/c1-10-4-5-12(16(21)19(2)3)9-14(10)18-15(20)11-6-7-13(17)8-11/h4-7,9,11,13H,8,17H2,1-3H3,(H,18,20). The van der Waals surface area contributed by atoms with Crippen LogP contribution in [0.2, 0.25) is 0 Å². The van der Waals surface area contributed by atoms with Crippen LogP contribution in [0.3, 0.4) is 0 Å². The number of benzene rings is 1. The molecule has 0 aliphatic heterocycles. The quantitative estimate of drug-likeness (QED) is 0.828. The van der Waals surface area contributed by atoms with Crippen LogP contribution in [0, 0.1) is 12.8 Å². The van der Waals surface area contributed by atoms with E-state index in [-0.39, 0.29) is 23.8 Å². The number of amides is 2. The van der Waals surface area contributed by atoms with Gasteiger partial charge in [0, 0.05) is 31.4 Å². The lowest BCUT2D eigenvalue weighted by atomic mass is 10.1. The van der Waals surface area contributed by atoms with Crippen molar-refractivity contribution in [2.75, 3.05) is 19.4 Å². The van der Waals surface area contributed by atoms with E-state index >= 15 is 0 Å². The van der Waals surface area contributed by atoms with E-state index in [1.165, 1.54) is 4.90 Å². The number of hydrogen-bond acceptors (Lipinski definition) is 3. The van der Waals surface area contributed by atoms with Crippen molar-refractivity contribution < 1.29 is 9.59 Å². The molecular weight excluding hydrogens is 266 g/mol. The number of rotatable bonds is 3. The van der Waals surface area contributed by atoms with Crippen LogP contribution in [0.4, 0.5) is 5.69 Å². The highest BCUT2D eigenvalue weighted by Crippen LogP contribution is 2.22. The second-order valence-corrected chi connectivity index (χ2v) is 5.61. The molecule has 1 aromatic rings. The summed E-state index contributed by atoms with van der Waals surface area (Å²) in [7, 11) is 3.40. The smallest absolute Gasteiger partial charge is 0.253 e. The summed E-state index contributed by atoms with van der Waals surface area (Å²) in [6, 6.07) is 5.26. The largest absolute Gasteiger partial charge is 0.345 e. The molecular formula is C16H21N3O2. The first-order valence-corrected chi connectivity index (χ1v) is 6.95. The number of hydrogen-bond donors (Lipinski definition) is 2. The van der Waals surface area contributed by atoms with Gasteiger partial charge < -0.3 is 16.0 Å². The van der Waals surface area contributed by atoms with E-state index in [1.54, 1.807) is 26.2 Å². The van der Waals surface area contributed by atoms with Crippen LogP contribution in [0.25, 0.3) is 0 Å². The van der Waals surface area contributed by atoms with Crippen molar-refractivity contribution in [3.8, 4) is 0 Å². The molecule has 2 amide bonds. The second kappa shape index (κ2) is 6.10. The summed E-state index contributed by atoms with van der Waals surface area (Å²) in [6.45, 7) is 1.90. The average Bonchev–Trinajstić information content (AvgIpc) is 2.87. The summed E-state index contributed by atoms with van der Waals surface area (Å²) < 4.78 is 0. The van der Waals surface area contributed by atoms with Crippen LogP contribution < -0.4 is 11.1 Å². The van der Waals surface area contributed by atoms with Gasteiger partial charge in [0.2, 0.25) is 5.91 Å². The Labute approximate surface area is 124 Å². The third-order valence-electron chi connectivity index (χ3n) is 3.60. The minimum atomic E-state index is -0.201. The normalized spacial score (nSPS) is 20.4. The lowest BCUT2D eigenvalue weighted by Gasteiger charge is -2.15. The SMILES string of the molecule is Cc1ccc(C(=O)N(C)C)cc1NC(=O)C1C=CC(N)C1. The number of aryl methyl sites for hydroxylation is 1. The summed E-state index contributed by atoms with van der Waals surface area (Å²) in [6.07, 6.45) is 4.31. The van der Waals surface area contributed by atoms with Gasteiger partial charge in [-0.1, -0.05) is 18.2 Å². The van der Waals surface area contributed by atoms with Gasteiger partial charge in [0.1, 0.15) is 0 Å². The molecule has 0 aromatic heterocycles. The zero-order valence-corrected chi connectivity index (χ0v) is 12.6. The van der Waals surface area contributed by atoms with Gasteiger partial charge >= 0.3 is 0 Å². The summed E-state index contributed by atoms with van der Waals surface area (Å²) in [5.41, 5.74) is 7.91. The molecule has 1 aliphatic carbocycles. The maximum Gasteiger partial charge on any atom is 0.253 e. The van der Waals surface area contributed by atoms with E-state index in [4.69, 9.17) is 5.73 Å². The predicted octanol–water partition coefficient (Wildman–Crippen LogP) is 1.54. The molecule has 3 N–H and O–H groups in total. The number of nitrogens with two attached hydrogens (primary N) is 1. The van der Waals surface area contributed by atoms with Gasteiger partial charge in [-0.15, -0.1) is 0 Å². The number of nitrogens with one attached hydrogen (secondary N) is 1. The molecule has 112 valence electrons. The maximum atomic E-state index is 12.2. The zero-order valence-electron chi connectivity index (χ0n) is 12.6. The van der Waals surface area contributed by atoms with Gasteiger partial charge in [-0.3, -0.25) is 9.59 Å². The Bertz CT molecular complexity index is 593. The van der Waals surface area contributed by atoms with Crippen molar-refractivity contribution in [2.24, 2.45) is 11.7 Å². The second-order valence-electron chi connectivity index (χ2n) is 5.61. The number of carbonyl (C=O) groups excluding carboxylic acids is 2. The van der Waals surface area contributed by atoms with E-state index in [9.17, 15) is 9.59 Å². The third kappa shape index (κ3) is 3.49. The van der Waals surface area contributed by atoms with Crippen molar-refractivity contribution in [3.63, 3.8) is 0 Å². The minimum Gasteiger partial charge on any atom is -0.345 e. The fourth-order valence-corrected chi connectivity index (χ4v) is 2.29.